The molecule has 0 bridgehead atoms. The maximum Gasteiger partial charge on any atom is 0.276 e. The van der Waals surface area contributed by atoms with E-state index in [1.807, 2.05) is 32.0 Å². The summed E-state index contributed by atoms with van der Waals surface area (Å²) in [6.07, 6.45) is 1.67. The van der Waals surface area contributed by atoms with Gasteiger partial charge in [0.1, 0.15) is 18.1 Å². The SMILES string of the molecule is CCOc1ccc(COc2ccc(NC(=O)c3ccn(COc4cccc(Cl)c4)n3)cc2)cc1OCC. The Balaban J connectivity index is 1.28. The fraction of sp³-hybridized carbons (Fsp3) is 0.214. The van der Waals surface area contributed by atoms with E-state index in [9.17, 15) is 4.79 Å². The van der Waals surface area contributed by atoms with Crippen LogP contribution in [-0.2, 0) is 13.3 Å². The van der Waals surface area contributed by atoms with Crippen molar-refractivity contribution in [2.24, 2.45) is 0 Å². The van der Waals surface area contributed by atoms with Crippen molar-refractivity contribution in [2.75, 3.05) is 18.5 Å². The van der Waals surface area contributed by atoms with E-state index >= 15 is 0 Å². The van der Waals surface area contributed by atoms with Gasteiger partial charge in [-0.1, -0.05) is 23.7 Å². The molecule has 4 rings (SSSR count). The number of ether oxygens (including phenoxy) is 4. The van der Waals surface area contributed by atoms with Crippen LogP contribution in [0.5, 0.6) is 23.0 Å². The molecule has 1 heterocycles. The van der Waals surface area contributed by atoms with Crippen LogP contribution in [0, 0.1) is 0 Å². The van der Waals surface area contributed by atoms with Crippen LogP contribution in [0.3, 0.4) is 0 Å². The van der Waals surface area contributed by atoms with Gasteiger partial charge in [-0.15, -0.1) is 0 Å². The molecule has 37 heavy (non-hydrogen) atoms. The van der Waals surface area contributed by atoms with Crippen LogP contribution >= 0.6 is 11.6 Å². The lowest BCUT2D eigenvalue weighted by Gasteiger charge is -2.13. The van der Waals surface area contributed by atoms with Gasteiger partial charge >= 0.3 is 0 Å². The summed E-state index contributed by atoms with van der Waals surface area (Å²) in [5.41, 5.74) is 1.86. The second-order valence-electron chi connectivity index (χ2n) is 7.89. The molecular weight excluding hydrogens is 494 g/mol. The Morgan fingerprint density at radius 2 is 1.65 bits per heavy atom. The molecule has 4 aromatic rings. The maximum atomic E-state index is 12.6. The largest absolute Gasteiger partial charge is 0.490 e. The Labute approximate surface area is 220 Å². The van der Waals surface area contributed by atoms with Crippen molar-refractivity contribution in [1.82, 2.24) is 9.78 Å². The first-order chi connectivity index (χ1) is 18.0. The topological polar surface area (TPSA) is 83.8 Å². The summed E-state index contributed by atoms with van der Waals surface area (Å²) >= 11 is 5.96. The number of hydrogen-bond donors (Lipinski definition) is 1. The van der Waals surface area contributed by atoms with Crippen molar-refractivity contribution in [3.63, 3.8) is 0 Å². The number of nitrogens with one attached hydrogen (secondary N) is 1. The van der Waals surface area contributed by atoms with Gasteiger partial charge < -0.3 is 24.3 Å². The van der Waals surface area contributed by atoms with Crippen molar-refractivity contribution in [3.05, 3.63) is 95.3 Å². The number of rotatable bonds is 12. The van der Waals surface area contributed by atoms with E-state index in [1.54, 1.807) is 60.8 Å². The number of nitrogens with zero attached hydrogens (tertiary/aromatic N) is 2. The predicted molar refractivity (Wildman–Crippen MR) is 142 cm³/mol. The van der Waals surface area contributed by atoms with Gasteiger partial charge in [0.15, 0.2) is 23.9 Å². The van der Waals surface area contributed by atoms with Crippen molar-refractivity contribution in [3.8, 4) is 23.0 Å². The lowest BCUT2D eigenvalue weighted by atomic mass is 10.2. The minimum absolute atomic E-state index is 0.153. The molecule has 1 N–H and O–H groups in total. The van der Waals surface area contributed by atoms with Crippen LogP contribution in [0.4, 0.5) is 5.69 Å². The molecule has 0 saturated heterocycles. The molecule has 8 nitrogen and oxygen atoms in total. The van der Waals surface area contributed by atoms with Gasteiger partial charge in [0.05, 0.1) is 13.2 Å². The molecule has 0 aliphatic heterocycles. The zero-order chi connectivity index (χ0) is 26.0. The standard InChI is InChI=1S/C28H28ClN3O5/c1-3-34-26-13-8-20(16-27(26)35-4-2)18-36-23-11-9-22(10-12-23)30-28(33)25-14-15-32(31-25)19-37-24-7-5-6-21(29)17-24/h5-17H,3-4,18-19H2,1-2H3,(H,30,33). The van der Waals surface area contributed by atoms with Crippen LogP contribution in [0.15, 0.2) is 79.0 Å². The lowest BCUT2D eigenvalue weighted by Crippen LogP contribution is -2.14. The number of carbonyl (C=O) groups is 1. The highest BCUT2D eigenvalue weighted by Crippen LogP contribution is 2.29. The summed E-state index contributed by atoms with van der Waals surface area (Å²) in [5, 5.41) is 7.68. The minimum atomic E-state index is -0.326. The molecule has 0 spiro atoms. The molecule has 3 aromatic carbocycles. The number of halogens is 1. The highest BCUT2D eigenvalue weighted by molar-refractivity contribution is 6.30. The number of carbonyl (C=O) groups excluding carboxylic acids is 1. The third-order valence-corrected chi connectivity index (χ3v) is 5.39. The van der Waals surface area contributed by atoms with Crippen molar-refractivity contribution >= 4 is 23.2 Å². The summed E-state index contributed by atoms with van der Waals surface area (Å²) in [6, 6.07) is 21.6. The van der Waals surface area contributed by atoms with Crippen LogP contribution in [0.25, 0.3) is 0 Å². The normalized spacial score (nSPS) is 10.6. The first kappa shape index (κ1) is 25.9. The van der Waals surface area contributed by atoms with E-state index in [1.165, 1.54) is 4.68 Å². The number of anilines is 1. The molecular formula is C28H28ClN3O5. The molecule has 0 aliphatic carbocycles. The van der Waals surface area contributed by atoms with Gasteiger partial charge in [0.25, 0.3) is 5.91 Å². The average Bonchev–Trinajstić information content (AvgIpc) is 3.38. The Bertz CT molecular complexity index is 1320. The monoisotopic (exact) mass is 521 g/mol. The van der Waals surface area contributed by atoms with Crippen molar-refractivity contribution in [1.29, 1.82) is 0 Å². The molecule has 0 unspecified atom stereocenters. The smallest absolute Gasteiger partial charge is 0.276 e. The lowest BCUT2D eigenvalue weighted by molar-refractivity contribution is 0.102. The van der Waals surface area contributed by atoms with Crippen LogP contribution in [0.1, 0.15) is 29.9 Å². The van der Waals surface area contributed by atoms with Crippen molar-refractivity contribution in [2.45, 2.75) is 27.2 Å². The van der Waals surface area contributed by atoms with Gasteiger partial charge in [-0.05, 0) is 80.1 Å². The molecule has 0 saturated carbocycles. The second kappa shape index (κ2) is 12.7. The molecule has 9 heteroatoms. The summed E-state index contributed by atoms with van der Waals surface area (Å²) in [6.45, 7) is 5.51. The Morgan fingerprint density at radius 3 is 2.41 bits per heavy atom. The number of benzene rings is 3. The van der Waals surface area contributed by atoms with Crippen LogP contribution < -0.4 is 24.3 Å². The van der Waals surface area contributed by atoms with E-state index in [0.717, 1.165) is 5.56 Å². The molecule has 0 fully saturated rings. The zero-order valence-corrected chi connectivity index (χ0v) is 21.4. The van der Waals surface area contributed by atoms with E-state index in [-0.39, 0.29) is 18.3 Å². The van der Waals surface area contributed by atoms with Crippen molar-refractivity contribution < 1.29 is 23.7 Å². The van der Waals surface area contributed by atoms with E-state index in [0.29, 0.717) is 53.5 Å². The maximum absolute atomic E-state index is 12.6. The van der Waals surface area contributed by atoms with Gasteiger partial charge in [0, 0.05) is 16.9 Å². The predicted octanol–water partition coefficient (Wildman–Crippen LogP) is 6.20. The quantitative estimate of drug-likeness (QED) is 0.239. The molecule has 0 radical (unpaired) electrons. The third-order valence-electron chi connectivity index (χ3n) is 5.16. The fourth-order valence-corrected chi connectivity index (χ4v) is 3.61. The average molecular weight is 522 g/mol. The van der Waals surface area contributed by atoms with E-state index in [2.05, 4.69) is 10.4 Å². The van der Waals surface area contributed by atoms with E-state index in [4.69, 9.17) is 30.5 Å². The number of hydrogen-bond acceptors (Lipinski definition) is 6. The van der Waals surface area contributed by atoms with Crippen LogP contribution in [0.2, 0.25) is 5.02 Å². The highest BCUT2D eigenvalue weighted by atomic mass is 35.5. The Hall–Kier alpha value is -4.17. The number of amides is 1. The number of aromatic nitrogens is 2. The second-order valence-corrected chi connectivity index (χ2v) is 8.32. The Kier molecular flexibility index (Phi) is 8.89. The molecule has 0 atom stereocenters. The molecule has 1 amide bonds. The summed E-state index contributed by atoms with van der Waals surface area (Å²) in [4.78, 5) is 12.6. The fourth-order valence-electron chi connectivity index (χ4n) is 3.43. The van der Waals surface area contributed by atoms with Gasteiger partial charge in [-0.25, -0.2) is 4.68 Å². The Morgan fingerprint density at radius 1 is 0.865 bits per heavy atom. The summed E-state index contributed by atoms with van der Waals surface area (Å²) in [5.74, 6) is 2.38. The first-order valence-electron chi connectivity index (χ1n) is 11.9. The third kappa shape index (κ3) is 7.41. The van der Waals surface area contributed by atoms with Crippen LogP contribution in [-0.4, -0.2) is 28.9 Å². The van der Waals surface area contributed by atoms with Gasteiger partial charge in [-0.3, -0.25) is 4.79 Å². The van der Waals surface area contributed by atoms with Gasteiger partial charge in [-0.2, -0.15) is 5.10 Å². The first-order valence-corrected chi connectivity index (χ1v) is 12.3. The van der Waals surface area contributed by atoms with E-state index < -0.39 is 0 Å². The highest BCUT2D eigenvalue weighted by Gasteiger charge is 2.11. The zero-order valence-electron chi connectivity index (χ0n) is 20.6. The minimum Gasteiger partial charge on any atom is -0.490 e. The summed E-state index contributed by atoms with van der Waals surface area (Å²) in [7, 11) is 0. The molecule has 192 valence electrons. The van der Waals surface area contributed by atoms with Gasteiger partial charge in [0.2, 0.25) is 0 Å². The molecule has 1 aromatic heterocycles. The molecule has 0 aliphatic rings. The summed E-state index contributed by atoms with van der Waals surface area (Å²) < 4.78 is 24.3.